The van der Waals surface area contributed by atoms with E-state index in [1.54, 1.807) is 45.0 Å². The van der Waals surface area contributed by atoms with Gasteiger partial charge < -0.3 is 20.6 Å². The molecule has 1 radical (unpaired) electrons. The molecule has 3 aromatic rings. The molecule has 0 spiro atoms. The molecule has 0 aliphatic carbocycles. The highest BCUT2D eigenvalue weighted by Gasteiger charge is 2.37. The third-order valence-electron chi connectivity index (χ3n) is 7.83. The van der Waals surface area contributed by atoms with Crippen molar-refractivity contribution in [3.8, 4) is 22.6 Å². The second-order valence-electron chi connectivity index (χ2n) is 11.6. The van der Waals surface area contributed by atoms with Crippen LogP contribution in [0.2, 0.25) is 0 Å². The SMILES string of the molecule is Cc1c(F)cccc1-c1c(O)c([C@@H]2CCCNC2)[c]c(C2CN(CC(C)(C)O)C2)c1C(=O)c1cccc(O)c1. The van der Waals surface area contributed by atoms with Crippen LogP contribution in [0.5, 0.6) is 11.5 Å². The molecule has 3 aromatic carbocycles. The molecule has 0 amide bonds. The number of phenolic OH excluding ortho intramolecular Hbond substituents is 2. The largest absolute Gasteiger partial charge is 0.508 e. The Morgan fingerprint density at radius 3 is 2.54 bits per heavy atom. The second kappa shape index (κ2) is 10.7. The van der Waals surface area contributed by atoms with Crippen LogP contribution in [0.1, 0.15) is 71.1 Å². The van der Waals surface area contributed by atoms with Crippen molar-refractivity contribution >= 4 is 5.78 Å². The number of piperidine rings is 1. The molecular weight excluding hydrogens is 495 g/mol. The van der Waals surface area contributed by atoms with Gasteiger partial charge in [-0.1, -0.05) is 24.3 Å². The number of likely N-dealkylation sites (tertiary alicyclic amines) is 1. The van der Waals surface area contributed by atoms with E-state index in [9.17, 15) is 24.5 Å². The first-order valence-electron chi connectivity index (χ1n) is 13.6. The fraction of sp³-hybridized carbons (Fsp3) is 0.406. The summed E-state index contributed by atoms with van der Waals surface area (Å²) in [4.78, 5) is 16.3. The summed E-state index contributed by atoms with van der Waals surface area (Å²) in [7, 11) is 0. The third-order valence-corrected chi connectivity index (χ3v) is 7.83. The van der Waals surface area contributed by atoms with Gasteiger partial charge in [-0.05, 0) is 81.1 Å². The highest BCUT2D eigenvalue weighted by atomic mass is 19.1. The summed E-state index contributed by atoms with van der Waals surface area (Å²) < 4.78 is 14.9. The second-order valence-corrected chi connectivity index (χ2v) is 11.6. The number of nitrogens with one attached hydrogen (secondary N) is 1. The molecule has 39 heavy (non-hydrogen) atoms. The summed E-state index contributed by atoms with van der Waals surface area (Å²) in [5.41, 5.74) is 2.16. The molecule has 2 saturated heterocycles. The van der Waals surface area contributed by atoms with Gasteiger partial charge in [0.1, 0.15) is 17.3 Å². The van der Waals surface area contributed by atoms with Crippen LogP contribution in [0.4, 0.5) is 4.39 Å². The fourth-order valence-corrected chi connectivity index (χ4v) is 5.95. The van der Waals surface area contributed by atoms with E-state index in [4.69, 9.17) is 0 Å². The van der Waals surface area contributed by atoms with Crippen LogP contribution in [0.25, 0.3) is 11.1 Å². The lowest BCUT2D eigenvalue weighted by molar-refractivity contribution is 0.00720. The maximum Gasteiger partial charge on any atom is 0.194 e. The highest BCUT2D eigenvalue weighted by Crippen LogP contribution is 2.47. The lowest BCUT2D eigenvalue weighted by Gasteiger charge is -2.43. The zero-order chi connectivity index (χ0) is 27.9. The number of hydrogen-bond donors (Lipinski definition) is 4. The molecule has 6 nitrogen and oxygen atoms in total. The Bertz CT molecular complexity index is 1390. The molecule has 2 aliphatic rings. The van der Waals surface area contributed by atoms with Crippen LogP contribution in [0, 0.1) is 18.8 Å². The molecule has 205 valence electrons. The molecule has 5 rings (SSSR count). The van der Waals surface area contributed by atoms with E-state index in [0.717, 1.165) is 19.4 Å². The summed E-state index contributed by atoms with van der Waals surface area (Å²) in [5, 5.41) is 35.7. The van der Waals surface area contributed by atoms with Crippen molar-refractivity contribution in [3.63, 3.8) is 0 Å². The number of hydrogen-bond acceptors (Lipinski definition) is 6. The molecule has 1 atom stereocenters. The van der Waals surface area contributed by atoms with Gasteiger partial charge in [0, 0.05) is 60.3 Å². The van der Waals surface area contributed by atoms with Crippen LogP contribution in [-0.4, -0.2) is 64.3 Å². The Labute approximate surface area is 229 Å². The molecule has 2 aliphatic heterocycles. The normalized spacial score (nSPS) is 18.6. The van der Waals surface area contributed by atoms with Crippen molar-refractivity contribution in [2.45, 2.75) is 51.0 Å². The molecule has 2 heterocycles. The van der Waals surface area contributed by atoms with Gasteiger partial charge in [-0.25, -0.2) is 4.39 Å². The number of benzene rings is 3. The van der Waals surface area contributed by atoms with Gasteiger partial charge in [-0.2, -0.15) is 0 Å². The first-order valence-corrected chi connectivity index (χ1v) is 13.6. The van der Waals surface area contributed by atoms with E-state index >= 15 is 0 Å². The van der Waals surface area contributed by atoms with Crippen LogP contribution in [0.3, 0.4) is 0 Å². The molecule has 0 aromatic heterocycles. The molecule has 0 bridgehead atoms. The van der Waals surface area contributed by atoms with E-state index in [1.807, 2.05) is 0 Å². The van der Waals surface area contributed by atoms with Crippen molar-refractivity contribution in [1.29, 1.82) is 0 Å². The van der Waals surface area contributed by atoms with Crippen molar-refractivity contribution in [2.24, 2.45) is 0 Å². The standard InChI is InChI=1S/C32H36FN2O4/c1-19-24(10-5-11-27(19)33)28-29(30(37)20-7-4-9-23(36)13-20)25(22-16-35(17-22)18-32(2,3)39)14-26(31(28)38)21-8-6-12-34-15-21/h4-5,7,9-11,13,21-22,34,36,38-39H,6,8,12,15-18H2,1-3H3/t21-/m1/s1. The number of phenols is 2. The number of ketones is 1. The van der Waals surface area contributed by atoms with E-state index < -0.39 is 11.4 Å². The Morgan fingerprint density at radius 2 is 1.87 bits per heavy atom. The zero-order valence-electron chi connectivity index (χ0n) is 22.7. The molecule has 2 fully saturated rings. The van der Waals surface area contributed by atoms with Crippen LogP contribution < -0.4 is 5.32 Å². The van der Waals surface area contributed by atoms with Gasteiger partial charge in [0.15, 0.2) is 5.78 Å². The number of halogens is 1. The van der Waals surface area contributed by atoms with Gasteiger partial charge >= 0.3 is 0 Å². The number of β-amino-alcohol motifs (C(OH)–C–C–N with tert-alkyl or cyclic N) is 1. The quantitative estimate of drug-likeness (QED) is 0.325. The number of nitrogens with zero attached hydrogens (tertiary/aromatic N) is 1. The molecule has 7 heteroatoms. The minimum Gasteiger partial charge on any atom is -0.508 e. The molecular formula is C32H36FN2O4. The molecule has 0 unspecified atom stereocenters. The van der Waals surface area contributed by atoms with E-state index in [0.29, 0.717) is 54.0 Å². The van der Waals surface area contributed by atoms with Crippen molar-refractivity contribution in [3.05, 3.63) is 82.2 Å². The third kappa shape index (κ3) is 5.57. The molecule has 4 N–H and O–H groups in total. The lowest BCUT2D eigenvalue weighted by atomic mass is 9.76. The predicted octanol–water partition coefficient (Wildman–Crippen LogP) is 4.88. The number of aromatic hydroxyl groups is 2. The van der Waals surface area contributed by atoms with E-state index in [-0.39, 0.29) is 40.2 Å². The van der Waals surface area contributed by atoms with Gasteiger partial charge in [0.05, 0.1) is 5.60 Å². The Hall–Kier alpha value is -3.26. The summed E-state index contributed by atoms with van der Waals surface area (Å²) in [5.74, 6) is -0.922. The Kier molecular flexibility index (Phi) is 7.51. The number of carbonyl (C=O) groups is 1. The summed E-state index contributed by atoms with van der Waals surface area (Å²) in [6.07, 6.45) is 1.82. The first-order chi connectivity index (χ1) is 18.5. The van der Waals surface area contributed by atoms with Crippen molar-refractivity contribution in [1.82, 2.24) is 10.2 Å². The average molecular weight is 532 g/mol. The highest BCUT2D eigenvalue weighted by molar-refractivity contribution is 6.15. The zero-order valence-corrected chi connectivity index (χ0v) is 22.7. The van der Waals surface area contributed by atoms with Crippen molar-refractivity contribution < 1.29 is 24.5 Å². The number of carbonyl (C=O) groups excluding carboxylic acids is 1. The minimum absolute atomic E-state index is 0.00240. The van der Waals surface area contributed by atoms with E-state index in [1.165, 1.54) is 18.2 Å². The molecule has 0 saturated carbocycles. The maximum absolute atomic E-state index is 14.9. The van der Waals surface area contributed by atoms with Crippen LogP contribution in [0.15, 0.2) is 42.5 Å². The number of rotatable bonds is 7. The van der Waals surface area contributed by atoms with Gasteiger partial charge in [0.2, 0.25) is 0 Å². The van der Waals surface area contributed by atoms with Gasteiger partial charge in [-0.3, -0.25) is 9.69 Å². The smallest absolute Gasteiger partial charge is 0.194 e. The monoisotopic (exact) mass is 531 g/mol. The fourth-order valence-electron chi connectivity index (χ4n) is 5.95. The minimum atomic E-state index is -0.855. The van der Waals surface area contributed by atoms with Gasteiger partial charge in [0.25, 0.3) is 0 Å². The first kappa shape index (κ1) is 27.3. The summed E-state index contributed by atoms with van der Waals surface area (Å²) in [6, 6.07) is 14.3. The average Bonchev–Trinajstić information content (AvgIpc) is 2.87. The van der Waals surface area contributed by atoms with Crippen LogP contribution in [-0.2, 0) is 0 Å². The predicted molar refractivity (Wildman–Crippen MR) is 149 cm³/mol. The van der Waals surface area contributed by atoms with E-state index in [2.05, 4.69) is 16.3 Å². The topological polar surface area (TPSA) is 93.0 Å². The maximum atomic E-state index is 14.9. The lowest BCUT2D eigenvalue weighted by Crippen LogP contribution is -2.51. The Morgan fingerprint density at radius 1 is 1.13 bits per heavy atom. The summed E-state index contributed by atoms with van der Waals surface area (Å²) >= 11 is 0. The number of aliphatic hydroxyl groups is 1. The summed E-state index contributed by atoms with van der Waals surface area (Å²) in [6.45, 7) is 8.51. The Balaban J connectivity index is 1.74. The van der Waals surface area contributed by atoms with Crippen molar-refractivity contribution in [2.75, 3.05) is 32.7 Å². The van der Waals surface area contributed by atoms with Gasteiger partial charge in [-0.15, -0.1) is 0 Å². The van der Waals surface area contributed by atoms with Crippen LogP contribution >= 0.6 is 0 Å².